The fourth-order valence-electron chi connectivity index (χ4n) is 0.910. The molecule has 0 unspecified atom stereocenters. The van der Waals surface area contributed by atoms with Crippen LogP contribution in [0.5, 0.6) is 0 Å². The molecule has 10 heavy (non-hydrogen) atoms. The predicted molar refractivity (Wildman–Crippen MR) is 45.5 cm³/mol. The van der Waals surface area contributed by atoms with Crippen LogP contribution in [-0.2, 0) is 0 Å². The van der Waals surface area contributed by atoms with Crippen molar-refractivity contribution in [1.82, 2.24) is 0 Å². The molecule has 0 fully saturated rings. The Bertz CT molecular complexity index is 89.3. The van der Waals surface area contributed by atoms with Gasteiger partial charge in [0.15, 0.2) is 0 Å². The number of unbranched alkanes of at least 4 members (excludes halogenated alkanes) is 1. The summed E-state index contributed by atoms with van der Waals surface area (Å²) in [5, 5.41) is 7.43. The molecule has 0 radical (unpaired) electrons. The second kappa shape index (κ2) is 6.75. The van der Waals surface area contributed by atoms with Crippen molar-refractivity contribution in [2.75, 3.05) is 6.54 Å². The molecule has 0 saturated carbocycles. The van der Waals surface area contributed by atoms with Gasteiger partial charge in [-0.15, -0.1) is 0 Å². The quantitative estimate of drug-likeness (QED) is 0.432. The van der Waals surface area contributed by atoms with Crippen molar-refractivity contribution in [3.63, 3.8) is 0 Å². The number of nitrogens with two attached hydrogens (primary N) is 1. The van der Waals surface area contributed by atoms with Gasteiger partial charge in [-0.3, -0.25) is 0 Å². The Balaban J connectivity index is 3.05. The highest BCUT2D eigenvalue weighted by molar-refractivity contribution is 5.81. The van der Waals surface area contributed by atoms with Crippen LogP contribution < -0.4 is 5.73 Å². The maximum absolute atomic E-state index is 7.43. The van der Waals surface area contributed by atoms with E-state index in [1.54, 1.807) is 0 Å². The van der Waals surface area contributed by atoms with Crippen LogP contribution in [0.1, 0.15) is 39.0 Å². The molecule has 60 valence electrons. The fourth-order valence-corrected chi connectivity index (χ4v) is 0.910. The van der Waals surface area contributed by atoms with E-state index < -0.39 is 0 Å². The minimum atomic E-state index is 0.763. The number of nitrogens with one attached hydrogen (secondary N) is 1. The van der Waals surface area contributed by atoms with Gasteiger partial charge in [0.1, 0.15) is 0 Å². The molecule has 0 atom stereocenters. The van der Waals surface area contributed by atoms with Gasteiger partial charge in [-0.05, 0) is 32.2 Å². The largest absolute Gasteiger partial charge is 0.330 e. The number of rotatable bonds is 6. The third kappa shape index (κ3) is 5.76. The maximum Gasteiger partial charge on any atom is 0.00890 e. The van der Waals surface area contributed by atoms with E-state index in [4.69, 9.17) is 11.1 Å². The highest BCUT2D eigenvalue weighted by Gasteiger charge is 1.93. The Morgan fingerprint density at radius 3 is 2.50 bits per heavy atom. The molecule has 0 aromatic rings. The van der Waals surface area contributed by atoms with Gasteiger partial charge in [0.2, 0.25) is 0 Å². The zero-order valence-electron chi connectivity index (χ0n) is 6.82. The Kier molecular flexibility index (Phi) is 6.50. The Hall–Kier alpha value is -0.370. The summed E-state index contributed by atoms with van der Waals surface area (Å²) < 4.78 is 0. The Labute approximate surface area is 63.3 Å². The van der Waals surface area contributed by atoms with Gasteiger partial charge in [-0.1, -0.05) is 13.3 Å². The van der Waals surface area contributed by atoms with Crippen LogP contribution in [0.3, 0.4) is 0 Å². The molecular formula is C8H18N2. The van der Waals surface area contributed by atoms with Crippen molar-refractivity contribution in [1.29, 1.82) is 5.41 Å². The van der Waals surface area contributed by atoms with Crippen molar-refractivity contribution in [3.8, 4) is 0 Å². The monoisotopic (exact) mass is 142 g/mol. The van der Waals surface area contributed by atoms with E-state index in [0.717, 1.165) is 44.4 Å². The standard InChI is InChI=1S/C8H18N2/c1-2-5-8(10)6-3-4-7-9/h10H,2-7,9H2,1H3. The zero-order chi connectivity index (χ0) is 7.82. The SMILES string of the molecule is CCCC(=N)CCCCN. The lowest BCUT2D eigenvalue weighted by molar-refractivity contribution is 0.760. The van der Waals surface area contributed by atoms with Gasteiger partial charge in [0, 0.05) is 5.71 Å². The molecular weight excluding hydrogens is 124 g/mol. The fraction of sp³-hybridized carbons (Fsp3) is 0.875. The van der Waals surface area contributed by atoms with E-state index in [0.29, 0.717) is 0 Å². The second-order valence-corrected chi connectivity index (χ2v) is 2.60. The van der Waals surface area contributed by atoms with Crippen molar-refractivity contribution < 1.29 is 0 Å². The van der Waals surface area contributed by atoms with Crippen LogP contribution in [0.15, 0.2) is 0 Å². The Morgan fingerprint density at radius 2 is 2.00 bits per heavy atom. The topological polar surface area (TPSA) is 49.9 Å². The van der Waals surface area contributed by atoms with E-state index in [9.17, 15) is 0 Å². The van der Waals surface area contributed by atoms with Crippen LogP contribution in [0, 0.1) is 5.41 Å². The molecule has 0 spiro atoms. The van der Waals surface area contributed by atoms with Crippen LogP contribution in [0.4, 0.5) is 0 Å². The maximum atomic E-state index is 7.43. The van der Waals surface area contributed by atoms with Crippen molar-refractivity contribution >= 4 is 5.71 Å². The highest BCUT2D eigenvalue weighted by Crippen LogP contribution is 2.00. The van der Waals surface area contributed by atoms with Gasteiger partial charge in [0.25, 0.3) is 0 Å². The van der Waals surface area contributed by atoms with Gasteiger partial charge in [-0.25, -0.2) is 0 Å². The molecule has 2 nitrogen and oxygen atoms in total. The zero-order valence-corrected chi connectivity index (χ0v) is 6.82. The van der Waals surface area contributed by atoms with Crippen molar-refractivity contribution in [2.45, 2.75) is 39.0 Å². The molecule has 2 heteroatoms. The van der Waals surface area contributed by atoms with E-state index in [1.807, 2.05) is 0 Å². The summed E-state index contributed by atoms with van der Waals surface area (Å²) in [7, 11) is 0. The smallest absolute Gasteiger partial charge is 0.00890 e. The van der Waals surface area contributed by atoms with Gasteiger partial charge >= 0.3 is 0 Å². The molecule has 0 aromatic heterocycles. The molecule has 0 aromatic carbocycles. The highest BCUT2D eigenvalue weighted by atomic mass is 14.5. The second-order valence-electron chi connectivity index (χ2n) is 2.60. The van der Waals surface area contributed by atoms with Gasteiger partial charge in [0.05, 0.1) is 0 Å². The number of hydrogen-bond acceptors (Lipinski definition) is 2. The first-order valence-corrected chi connectivity index (χ1v) is 4.07. The lowest BCUT2D eigenvalue weighted by atomic mass is 10.1. The van der Waals surface area contributed by atoms with Crippen molar-refractivity contribution in [3.05, 3.63) is 0 Å². The summed E-state index contributed by atoms with van der Waals surface area (Å²) in [5.74, 6) is 0. The molecule has 0 aliphatic carbocycles. The molecule has 0 heterocycles. The Morgan fingerprint density at radius 1 is 1.30 bits per heavy atom. The summed E-state index contributed by atoms with van der Waals surface area (Å²) in [6.45, 7) is 2.87. The molecule has 0 rings (SSSR count). The van der Waals surface area contributed by atoms with Crippen LogP contribution in [-0.4, -0.2) is 12.3 Å². The minimum Gasteiger partial charge on any atom is -0.330 e. The third-order valence-corrected chi connectivity index (χ3v) is 1.48. The molecule has 0 amide bonds. The molecule has 0 bridgehead atoms. The molecule has 0 aliphatic rings. The summed E-state index contributed by atoms with van der Waals surface area (Å²) in [4.78, 5) is 0. The molecule has 0 aliphatic heterocycles. The first kappa shape index (κ1) is 9.63. The third-order valence-electron chi connectivity index (χ3n) is 1.48. The van der Waals surface area contributed by atoms with Crippen LogP contribution in [0.25, 0.3) is 0 Å². The summed E-state index contributed by atoms with van der Waals surface area (Å²) in [6, 6.07) is 0. The average molecular weight is 142 g/mol. The number of hydrogen-bond donors (Lipinski definition) is 2. The molecule has 0 saturated heterocycles. The predicted octanol–water partition coefficient (Wildman–Crippen LogP) is 1.94. The van der Waals surface area contributed by atoms with Crippen LogP contribution in [0.2, 0.25) is 0 Å². The van der Waals surface area contributed by atoms with Gasteiger partial charge in [-0.2, -0.15) is 0 Å². The summed E-state index contributed by atoms with van der Waals surface area (Å²) in [6.07, 6.45) is 5.17. The first-order valence-electron chi connectivity index (χ1n) is 4.07. The summed E-state index contributed by atoms with van der Waals surface area (Å²) in [5.41, 5.74) is 6.20. The van der Waals surface area contributed by atoms with Crippen LogP contribution >= 0.6 is 0 Å². The molecule has 3 N–H and O–H groups in total. The first-order chi connectivity index (χ1) is 4.81. The van der Waals surface area contributed by atoms with Crippen molar-refractivity contribution in [2.24, 2.45) is 5.73 Å². The normalized spacial score (nSPS) is 9.80. The minimum absolute atomic E-state index is 0.763. The average Bonchev–Trinajstić information content (AvgIpc) is 1.89. The van der Waals surface area contributed by atoms with E-state index in [1.165, 1.54) is 0 Å². The lowest BCUT2D eigenvalue weighted by Crippen LogP contribution is -2.01. The van der Waals surface area contributed by atoms with E-state index in [-0.39, 0.29) is 0 Å². The summed E-state index contributed by atoms with van der Waals surface area (Å²) >= 11 is 0. The van der Waals surface area contributed by atoms with Gasteiger partial charge < -0.3 is 11.1 Å². The van der Waals surface area contributed by atoms with E-state index >= 15 is 0 Å². The lowest BCUT2D eigenvalue weighted by Gasteiger charge is -1.99. The van der Waals surface area contributed by atoms with E-state index in [2.05, 4.69) is 6.92 Å².